The number of nitriles is 1. The Morgan fingerprint density at radius 3 is 2.53 bits per heavy atom. The van der Waals surface area contributed by atoms with Gasteiger partial charge in [-0.05, 0) is 25.0 Å². The van der Waals surface area contributed by atoms with Crippen molar-refractivity contribution in [1.82, 2.24) is 0 Å². The second kappa shape index (κ2) is 5.73. The second-order valence-corrected chi connectivity index (χ2v) is 5.59. The van der Waals surface area contributed by atoms with E-state index in [1.54, 1.807) is 0 Å². The van der Waals surface area contributed by atoms with Crippen LogP contribution in [-0.4, -0.2) is 14.2 Å². The van der Waals surface area contributed by atoms with Crippen molar-refractivity contribution in [2.75, 3.05) is 5.75 Å². The van der Waals surface area contributed by atoms with Gasteiger partial charge in [0.15, 0.2) is 9.84 Å². The lowest BCUT2D eigenvalue weighted by atomic mass is 10.3. The standard InChI is InChI=1S/C11H11F2NO2S/c12-9-4-5-11(10(13)8-9)17(15,16)7-3-1-2-6-14/h4-5,8H,1-3,7H2. The highest BCUT2D eigenvalue weighted by Crippen LogP contribution is 2.18. The molecule has 0 bridgehead atoms. The molecule has 0 aromatic heterocycles. The monoisotopic (exact) mass is 259 g/mol. The van der Waals surface area contributed by atoms with Crippen LogP contribution in [-0.2, 0) is 9.84 Å². The lowest BCUT2D eigenvalue weighted by Crippen LogP contribution is -2.09. The Morgan fingerprint density at radius 1 is 1.24 bits per heavy atom. The zero-order valence-electron chi connectivity index (χ0n) is 8.99. The van der Waals surface area contributed by atoms with E-state index in [-0.39, 0.29) is 18.6 Å². The molecule has 0 aliphatic carbocycles. The van der Waals surface area contributed by atoms with Crippen molar-refractivity contribution in [3.05, 3.63) is 29.8 Å². The number of hydrogen-bond donors (Lipinski definition) is 0. The van der Waals surface area contributed by atoms with E-state index in [0.29, 0.717) is 12.5 Å². The number of halogens is 2. The van der Waals surface area contributed by atoms with Crippen LogP contribution in [0.25, 0.3) is 0 Å². The lowest BCUT2D eigenvalue weighted by molar-refractivity contribution is 0.548. The third-order valence-electron chi connectivity index (χ3n) is 2.18. The van der Waals surface area contributed by atoms with E-state index in [4.69, 9.17) is 5.26 Å². The van der Waals surface area contributed by atoms with Gasteiger partial charge in [0.05, 0.1) is 11.8 Å². The molecule has 3 nitrogen and oxygen atoms in total. The van der Waals surface area contributed by atoms with Crippen molar-refractivity contribution >= 4 is 9.84 Å². The first-order valence-electron chi connectivity index (χ1n) is 5.02. The van der Waals surface area contributed by atoms with Crippen LogP contribution in [0, 0.1) is 23.0 Å². The van der Waals surface area contributed by atoms with Crippen LogP contribution in [0.4, 0.5) is 8.78 Å². The molecular formula is C11H11F2NO2S. The average molecular weight is 259 g/mol. The maximum absolute atomic E-state index is 13.2. The summed E-state index contributed by atoms with van der Waals surface area (Å²) in [5.74, 6) is -2.13. The van der Waals surface area contributed by atoms with Gasteiger partial charge in [0.25, 0.3) is 0 Å². The zero-order valence-corrected chi connectivity index (χ0v) is 9.80. The lowest BCUT2D eigenvalue weighted by Gasteiger charge is -2.04. The average Bonchev–Trinajstić information content (AvgIpc) is 2.24. The van der Waals surface area contributed by atoms with Crippen molar-refractivity contribution in [2.45, 2.75) is 24.2 Å². The van der Waals surface area contributed by atoms with E-state index in [2.05, 4.69) is 0 Å². The zero-order chi connectivity index (χ0) is 12.9. The number of benzene rings is 1. The summed E-state index contributed by atoms with van der Waals surface area (Å²) in [6.07, 6.45) is 0.993. The predicted molar refractivity (Wildman–Crippen MR) is 57.9 cm³/mol. The summed E-state index contributed by atoms with van der Waals surface area (Å²) in [5.41, 5.74) is 0. The number of sulfone groups is 1. The Bertz CT molecular complexity index is 535. The summed E-state index contributed by atoms with van der Waals surface area (Å²) in [4.78, 5) is -0.490. The first-order valence-corrected chi connectivity index (χ1v) is 6.67. The minimum absolute atomic E-state index is 0.239. The fourth-order valence-electron chi connectivity index (χ4n) is 1.33. The smallest absolute Gasteiger partial charge is 0.181 e. The summed E-state index contributed by atoms with van der Waals surface area (Å²) in [7, 11) is -3.74. The van der Waals surface area contributed by atoms with Crippen LogP contribution in [0.2, 0.25) is 0 Å². The molecule has 0 heterocycles. The van der Waals surface area contributed by atoms with Crippen molar-refractivity contribution in [1.29, 1.82) is 5.26 Å². The topological polar surface area (TPSA) is 57.9 Å². The molecule has 0 N–H and O–H groups in total. The summed E-state index contributed by atoms with van der Waals surface area (Å²) < 4.78 is 49.2. The minimum Gasteiger partial charge on any atom is -0.224 e. The Morgan fingerprint density at radius 2 is 1.94 bits per heavy atom. The van der Waals surface area contributed by atoms with Gasteiger partial charge in [-0.3, -0.25) is 0 Å². The molecule has 1 rings (SSSR count). The molecule has 0 aliphatic rings. The maximum Gasteiger partial charge on any atom is 0.181 e. The van der Waals surface area contributed by atoms with Gasteiger partial charge < -0.3 is 0 Å². The van der Waals surface area contributed by atoms with Crippen molar-refractivity contribution < 1.29 is 17.2 Å². The largest absolute Gasteiger partial charge is 0.224 e. The SMILES string of the molecule is N#CCCCCS(=O)(=O)c1ccc(F)cc1F. The fraction of sp³-hybridized carbons (Fsp3) is 0.364. The predicted octanol–water partition coefficient (Wildman–Crippen LogP) is 2.43. The summed E-state index contributed by atoms with van der Waals surface area (Å²) in [5, 5.41) is 8.29. The molecular weight excluding hydrogens is 248 g/mol. The van der Waals surface area contributed by atoms with E-state index in [9.17, 15) is 17.2 Å². The van der Waals surface area contributed by atoms with Crippen molar-refractivity contribution in [3.8, 4) is 6.07 Å². The number of hydrogen-bond acceptors (Lipinski definition) is 3. The van der Waals surface area contributed by atoms with Crippen LogP contribution in [0.3, 0.4) is 0 Å². The summed E-state index contributed by atoms with van der Waals surface area (Å²) >= 11 is 0. The fourth-order valence-corrected chi connectivity index (χ4v) is 2.77. The Labute approximate surface area is 98.6 Å². The molecule has 0 atom stereocenters. The first kappa shape index (κ1) is 13.6. The summed E-state index contributed by atoms with van der Waals surface area (Å²) in [6, 6.07) is 4.27. The van der Waals surface area contributed by atoms with Gasteiger partial charge in [0.2, 0.25) is 0 Å². The molecule has 0 amide bonds. The highest BCUT2D eigenvalue weighted by molar-refractivity contribution is 7.91. The molecule has 0 aliphatic heterocycles. The highest BCUT2D eigenvalue weighted by Gasteiger charge is 2.19. The van der Waals surface area contributed by atoms with E-state index in [1.807, 2.05) is 6.07 Å². The van der Waals surface area contributed by atoms with Crippen LogP contribution in [0.15, 0.2) is 23.1 Å². The van der Waals surface area contributed by atoms with Crippen LogP contribution in [0.1, 0.15) is 19.3 Å². The van der Waals surface area contributed by atoms with E-state index < -0.39 is 26.4 Å². The third kappa shape index (κ3) is 3.79. The molecule has 6 heteroatoms. The van der Waals surface area contributed by atoms with E-state index in [0.717, 1.165) is 12.1 Å². The Hall–Kier alpha value is -1.48. The highest BCUT2D eigenvalue weighted by atomic mass is 32.2. The van der Waals surface area contributed by atoms with Gasteiger partial charge in [0.1, 0.15) is 16.5 Å². The molecule has 0 spiro atoms. The molecule has 0 saturated carbocycles. The van der Waals surface area contributed by atoms with Gasteiger partial charge in [-0.15, -0.1) is 0 Å². The number of rotatable bonds is 5. The van der Waals surface area contributed by atoms with Crippen LogP contribution in [0.5, 0.6) is 0 Å². The number of unbranched alkanes of at least 4 members (excludes halogenated alkanes) is 2. The van der Waals surface area contributed by atoms with Gasteiger partial charge in [-0.25, -0.2) is 17.2 Å². The second-order valence-electron chi connectivity index (χ2n) is 3.51. The molecule has 92 valence electrons. The molecule has 0 radical (unpaired) electrons. The quantitative estimate of drug-likeness (QED) is 0.602. The molecule has 0 fully saturated rings. The number of nitrogens with zero attached hydrogens (tertiary/aromatic N) is 1. The molecule has 1 aromatic carbocycles. The van der Waals surface area contributed by atoms with Gasteiger partial charge in [-0.1, -0.05) is 0 Å². The Kier molecular flexibility index (Phi) is 4.58. The first-order chi connectivity index (χ1) is 7.97. The molecule has 0 unspecified atom stereocenters. The Balaban J connectivity index is 2.80. The third-order valence-corrected chi connectivity index (χ3v) is 4.01. The van der Waals surface area contributed by atoms with Crippen molar-refractivity contribution in [3.63, 3.8) is 0 Å². The van der Waals surface area contributed by atoms with Crippen LogP contribution < -0.4 is 0 Å². The summed E-state index contributed by atoms with van der Waals surface area (Å²) in [6.45, 7) is 0. The van der Waals surface area contributed by atoms with Gasteiger partial charge in [-0.2, -0.15) is 5.26 Å². The van der Waals surface area contributed by atoms with E-state index >= 15 is 0 Å². The van der Waals surface area contributed by atoms with E-state index in [1.165, 1.54) is 0 Å². The van der Waals surface area contributed by atoms with Gasteiger partial charge >= 0.3 is 0 Å². The molecule has 1 aromatic rings. The van der Waals surface area contributed by atoms with Gasteiger partial charge in [0, 0.05) is 12.5 Å². The maximum atomic E-state index is 13.2. The minimum atomic E-state index is -3.74. The molecule has 0 saturated heterocycles. The normalized spacial score (nSPS) is 11.1. The van der Waals surface area contributed by atoms with Crippen molar-refractivity contribution in [2.24, 2.45) is 0 Å². The van der Waals surface area contributed by atoms with Crippen LogP contribution >= 0.6 is 0 Å². The molecule has 17 heavy (non-hydrogen) atoms.